The van der Waals surface area contributed by atoms with Crippen molar-refractivity contribution in [2.45, 2.75) is 36.7 Å². The summed E-state index contributed by atoms with van der Waals surface area (Å²) in [7, 11) is 0. The summed E-state index contributed by atoms with van der Waals surface area (Å²) in [4.78, 5) is 23.9. The molecule has 1 fully saturated rings. The molecule has 6 heteroatoms. The van der Waals surface area contributed by atoms with Gasteiger partial charge in [-0.1, -0.05) is 54.2 Å². The molecule has 0 atom stereocenters. The van der Waals surface area contributed by atoms with Crippen molar-refractivity contribution >= 4 is 28.7 Å². The monoisotopic (exact) mass is 442 g/mol. The fourth-order valence-corrected chi connectivity index (χ4v) is 5.12. The summed E-state index contributed by atoms with van der Waals surface area (Å²) >= 11 is 1.74. The minimum absolute atomic E-state index is 0.146. The quantitative estimate of drug-likeness (QED) is 0.375. The third-order valence-corrected chi connectivity index (χ3v) is 6.96. The number of carbonyl (C=O) groups excluding carboxylic acids is 1. The number of fused-ring (bicyclic) bond motifs is 1. The minimum Gasteiger partial charge on any atom is -0.339 e. The molecule has 1 aliphatic rings. The largest absolute Gasteiger partial charge is 0.339 e. The van der Waals surface area contributed by atoms with Crippen LogP contribution in [0.15, 0.2) is 78.2 Å². The smallest absolute Gasteiger partial charge is 0.253 e. The second-order valence-electron chi connectivity index (χ2n) is 8.17. The van der Waals surface area contributed by atoms with Crippen molar-refractivity contribution in [1.29, 1.82) is 0 Å². The van der Waals surface area contributed by atoms with Crippen molar-refractivity contribution in [3.63, 3.8) is 0 Å². The van der Waals surface area contributed by atoms with E-state index >= 15 is 0 Å². The molecular weight excluding hydrogens is 416 g/mol. The number of carbonyl (C=O) groups is 1. The normalized spacial score (nSPS) is 14.1. The number of aromatic nitrogens is 3. The summed E-state index contributed by atoms with van der Waals surface area (Å²) < 4.78 is 2.22. The van der Waals surface area contributed by atoms with E-state index in [0.717, 1.165) is 59.0 Å². The maximum Gasteiger partial charge on any atom is 0.253 e. The Morgan fingerprint density at radius 2 is 1.69 bits per heavy atom. The Balaban J connectivity index is 1.36. The van der Waals surface area contributed by atoms with E-state index in [1.165, 1.54) is 12.0 Å². The molecule has 0 N–H and O–H groups in total. The zero-order valence-electron chi connectivity index (χ0n) is 18.0. The van der Waals surface area contributed by atoms with Crippen LogP contribution in [0.2, 0.25) is 0 Å². The molecule has 0 radical (unpaired) electrons. The number of nitrogens with zero attached hydrogens (tertiary/aromatic N) is 4. The van der Waals surface area contributed by atoms with E-state index in [2.05, 4.69) is 45.9 Å². The van der Waals surface area contributed by atoms with Gasteiger partial charge in [0, 0.05) is 30.6 Å². The van der Waals surface area contributed by atoms with Gasteiger partial charge in [-0.15, -0.1) is 0 Å². The maximum atomic E-state index is 12.8. The number of thioether (sulfide) groups is 1. The van der Waals surface area contributed by atoms with Crippen molar-refractivity contribution in [2.24, 2.45) is 0 Å². The zero-order chi connectivity index (χ0) is 21.8. The Bertz CT molecular complexity index is 1200. The molecule has 2 aromatic heterocycles. The second kappa shape index (κ2) is 9.57. The van der Waals surface area contributed by atoms with Crippen molar-refractivity contribution in [1.82, 2.24) is 19.4 Å². The summed E-state index contributed by atoms with van der Waals surface area (Å²) in [6.07, 6.45) is 7.10. The van der Waals surface area contributed by atoms with E-state index in [1.54, 1.807) is 18.0 Å². The van der Waals surface area contributed by atoms with Gasteiger partial charge in [-0.3, -0.25) is 9.78 Å². The molecule has 0 aliphatic carbocycles. The lowest BCUT2D eigenvalue weighted by atomic mass is 10.1. The van der Waals surface area contributed by atoms with Crippen LogP contribution in [0.25, 0.3) is 11.0 Å². The Kier molecular flexibility index (Phi) is 6.21. The summed E-state index contributed by atoms with van der Waals surface area (Å²) in [6.45, 7) is 2.44. The van der Waals surface area contributed by atoms with Gasteiger partial charge in [0.25, 0.3) is 5.91 Å². The molecule has 0 spiro atoms. The molecule has 4 aromatic rings. The highest BCUT2D eigenvalue weighted by atomic mass is 32.2. The standard InChI is InChI=1S/C26H26N4OS/c31-25(29-15-5-2-6-16-29)22-11-9-20(10-12-22)18-30-24-17-27-14-13-23(24)28-26(30)32-19-21-7-3-1-4-8-21/h1,3-4,7-14,17H,2,5-6,15-16,18-19H2. The first-order valence-corrected chi connectivity index (χ1v) is 12.1. The molecule has 3 heterocycles. The molecule has 0 bridgehead atoms. The number of rotatable bonds is 6. The average Bonchev–Trinajstić information content (AvgIpc) is 3.21. The summed E-state index contributed by atoms with van der Waals surface area (Å²) in [5.74, 6) is 1.01. The first kappa shape index (κ1) is 20.8. The van der Waals surface area contributed by atoms with Crippen LogP contribution in [-0.4, -0.2) is 38.4 Å². The molecule has 0 unspecified atom stereocenters. The number of piperidine rings is 1. The van der Waals surface area contributed by atoms with Crippen molar-refractivity contribution in [3.8, 4) is 0 Å². The van der Waals surface area contributed by atoms with E-state index in [9.17, 15) is 4.79 Å². The second-order valence-corrected chi connectivity index (χ2v) is 9.11. The third kappa shape index (κ3) is 4.55. The summed E-state index contributed by atoms with van der Waals surface area (Å²) in [5, 5.41) is 0.977. The number of hydrogen-bond donors (Lipinski definition) is 0. The summed E-state index contributed by atoms with van der Waals surface area (Å²) in [5.41, 5.74) is 5.16. The SMILES string of the molecule is O=C(c1ccc(Cn2c(SCc3ccccc3)nc3ccncc32)cc1)N1CCCCC1. The lowest BCUT2D eigenvalue weighted by Gasteiger charge is -2.26. The third-order valence-electron chi connectivity index (χ3n) is 5.91. The van der Waals surface area contributed by atoms with Crippen molar-refractivity contribution in [3.05, 3.63) is 89.7 Å². The molecule has 162 valence electrons. The molecule has 1 saturated heterocycles. The molecule has 1 aliphatic heterocycles. The first-order valence-electron chi connectivity index (χ1n) is 11.1. The van der Waals surface area contributed by atoms with Gasteiger partial charge in [0.2, 0.25) is 0 Å². The molecule has 0 saturated carbocycles. The van der Waals surface area contributed by atoms with Gasteiger partial charge >= 0.3 is 0 Å². The van der Waals surface area contributed by atoms with Gasteiger partial charge in [0.05, 0.1) is 23.8 Å². The van der Waals surface area contributed by atoms with E-state index in [1.807, 2.05) is 35.4 Å². The lowest BCUT2D eigenvalue weighted by molar-refractivity contribution is 0.0724. The Labute approximate surface area is 192 Å². The van der Waals surface area contributed by atoms with E-state index in [4.69, 9.17) is 4.98 Å². The van der Waals surface area contributed by atoms with E-state index in [-0.39, 0.29) is 5.91 Å². The fourth-order valence-electron chi connectivity index (χ4n) is 4.15. The number of imidazole rings is 1. The number of pyridine rings is 1. The van der Waals surface area contributed by atoms with Crippen molar-refractivity contribution in [2.75, 3.05) is 13.1 Å². The van der Waals surface area contributed by atoms with Crippen LogP contribution >= 0.6 is 11.8 Å². The van der Waals surface area contributed by atoms with Gasteiger partial charge in [-0.25, -0.2) is 4.98 Å². The van der Waals surface area contributed by atoms with Gasteiger partial charge < -0.3 is 9.47 Å². The van der Waals surface area contributed by atoms with Crippen LogP contribution in [0.3, 0.4) is 0 Å². The highest BCUT2D eigenvalue weighted by Gasteiger charge is 2.18. The lowest BCUT2D eigenvalue weighted by Crippen LogP contribution is -2.35. The number of hydrogen-bond acceptors (Lipinski definition) is 4. The Hall–Kier alpha value is -3.12. The Morgan fingerprint density at radius 1 is 0.906 bits per heavy atom. The summed E-state index contributed by atoms with van der Waals surface area (Å²) in [6, 6.07) is 20.4. The van der Waals surface area contributed by atoms with Gasteiger partial charge in [0.1, 0.15) is 0 Å². The van der Waals surface area contributed by atoms with Crippen LogP contribution in [0.5, 0.6) is 0 Å². The van der Waals surface area contributed by atoms with Crippen LogP contribution in [-0.2, 0) is 12.3 Å². The van der Waals surface area contributed by atoms with Crippen LogP contribution < -0.4 is 0 Å². The van der Waals surface area contributed by atoms with Gasteiger partial charge in [-0.2, -0.15) is 0 Å². The van der Waals surface area contributed by atoms with Crippen LogP contribution in [0.4, 0.5) is 0 Å². The van der Waals surface area contributed by atoms with E-state index < -0.39 is 0 Å². The molecular formula is C26H26N4OS. The first-order chi connectivity index (χ1) is 15.8. The molecule has 1 amide bonds. The van der Waals surface area contributed by atoms with Gasteiger partial charge in [-0.05, 0) is 48.6 Å². The van der Waals surface area contributed by atoms with Crippen LogP contribution in [0, 0.1) is 0 Å². The maximum absolute atomic E-state index is 12.8. The Morgan fingerprint density at radius 3 is 2.47 bits per heavy atom. The molecule has 5 nitrogen and oxygen atoms in total. The molecule has 5 rings (SSSR count). The zero-order valence-corrected chi connectivity index (χ0v) is 18.8. The highest BCUT2D eigenvalue weighted by molar-refractivity contribution is 7.98. The highest BCUT2D eigenvalue weighted by Crippen LogP contribution is 2.27. The predicted molar refractivity (Wildman–Crippen MR) is 129 cm³/mol. The van der Waals surface area contributed by atoms with Gasteiger partial charge in [0.15, 0.2) is 5.16 Å². The molecule has 2 aromatic carbocycles. The topological polar surface area (TPSA) is 51.0 Å². The average molecular weight is 443 g/mol. The number of benzene rings is 2. The molecule has 32 heavy (non-hydrogen) atoms. The van der Waals surface area contributed by atoms with E-state index in [0.29, 0.717) is 6.54 Å². The number of likely N-dealkylation sites (tertiary alicyclic amines) is 1. The fraction of sp³-hybridized carbons (Fsp3) is 0.269. The van der Waals surface area contributed by atoms with Crippen molar-refractivity contribution < 1.29 is 4.79 Å². The number of amides is 1. The minimum atomic E-state index is 0.146. The predicted octanol–water partition coefficient (Wildman–Crippen LogP) is 5.40. The van der Waals surface area contributed by atoms with Crippen LogP contribution in [0.1, 0.15) is 40.7 Å².